The molecule has 0 aromatic carbocycles. The van der Waals surface area contributed by atoms with E-state index < -0.39 is 11.4 Å². The Morgan fingerprint density at radius 3 is 2.11 bits per heavy atom. The Morgan fingerprint density at radius 1 is 1.26 bits per heavy atom. The maximum Gasteiger partial charge on any atom is 0.320 e. The molecule has 0 unspecified atom stereocenters. The van der Waals surface area contributed by atoms with Crippen molar-refractivity contribution in [2.45, 2.75) is 53.0 Å². The van der Waals surface area contributed by atoms with E-state index in [1.165, 1.54) is 0 Å². The Morgan fingerprint density at radius 2 is 1.79 bits per heavy atom. The number of aliphatic carboxylic acids is 1. The molecule has 0 saturated carbocycles. The first-order chi connectivity index (χ1) is 8.88. The maximum absolute atomic E-state index is 12.3. The zero-order valence-corrected chi connectivity index (χ0v) is 12.5. The highest BCUT2D eigenvalue weighted by Crippen LogP contribution is 2.35. The molecule has 1 aliphatic heterocycles. The molecule has 5 heteroatoms. The smallest absolute Gasteiger partial charge is 0.320 e. The van der Waals surface area contributed by atoms with Gasteiger partial charge in [-0.25, -0.2) is 4.79 Å². The molecule has 0 atom stereocenters. The summed E-state index contributed by atoms with van der Waals surface area (Å²) >= 11 is 0. The highest BCUT2D eigenvalue weighted by atomic mass is 16.4. The van der Waals surface area contributed by atoms with E-state index in [1.807, 2.05) is 32.6 Å². The molecule has 1 N–H and O–H groups in total. The van der Waals surface area contributed by atoms with E-state index in [0.29, 0.717) is 38.9 Å². The summed E-state index contributed by atoms with van der Waals surface area (Å²) in [4.78, 5) is 27.3. The van der Waals surface area contributed by atoms with Crippen molar-refractivity contribution in [3.05, 3.63) is 0 Å². The first kappa shape index (κ1) is 15.8. The Labute approximate surface area is 115 Å². The molecule has 19 heavy (non-hydrogen) atoms. The summed E-state index contributed by atoms with van der Waals surface area (Å²) in [5.41, 5.74) is -0.633. The van der Waals surface area contributed by atoms with E-state index in [9.17, 15) is 14.7 Å². The molecule has 0 aromatic rings. The molecular weight excluding hydrogens is 244 g/mol. The SMILES string of the molecule is CCN(C(=O)N1CCC(CC)(C(=O)O)CC1)C(C)C. The second-order valence-corrected chi connectivity index (χ2v) is 5.59. The summed E-state index contributed by atoms with van der Waals surface area (Å²) in [5, 5.41) is 9.34. The van der Waals surface area contributed by atoms with Crippen molar-refractivity contribution in [2.24, 2.45) is 5.41 Å². The number of rotatable bonds is 4. The second kappa shape index (κ2) is 6.26. The van der Waals surface area contributed by atoms with E-state index >= 15 is 0 Å². The van der Waals surface area contributed by atoms with Gasteiger partial charge in [0.25, 0.3) is 0 Å². The van der Waals surface area contributed by atoms with E-state index in [0.717, 1.165) is 0 Å². The molecular formula is C14H26N2O3. The van der Waals surface area contributed by atoms with Gasteiger partial charge in [0.05, 0.1) is 5.41 Å². The lowest BCUT2D eigenvalue weighted by atomic mass is 9.76. The summed E-state index contributed by atoms with van der Waals surface area (Å²) in [6.45, 7) is 9.65. The van der Waals surface area contributed by atoms with Gasteiger partial charge in [0.2, 0.25) is 0 Å². The maximum atomic E-state index is 12.3. The third-order valence-electron chi connectivity index (χ3n) is 4.33. The van der Waals surface area contributed by atoms with Crippen LogP contribution in [0.4, 0.5) is 4.79 Å². The van der Waals surface area contributed by atoms with Crippen LogP contribution >= 0.6 is 0 Å². The van der Waals surface area contributed by atoms with Crippen LogP contribution in [0.25, 0.3) is 0 Å². The highest BCUT2D eigenvalue weighted by Gasteiger charge is 2.41. The number of urea groups is 1. The number of carbonyl (C=O) groups is 2. The van der Waals surface area contributed by atoms with E-state index in [4.69, 9.17) is 0 Å². The van der Waals surface area contributed by atoms with Crippen LogP contribution in [0.2, 0.25) is 0 Å². The van der Waals surface area contributed by atoms with E-state index in [-0.39, 0.29) is 12.1 Å². The third kappa shape index (κ3) is 3.19. The number of carboxylic acid groups (broad SMARTS) is 1. The zero-order valence-electron chi connectivity index (χ0n) is 12.5. The lowest BCUT2D eigenvalue weighted by Gasteiger charge is -2.40. The van der Waals surface area contributed by atoms with Crippen molar-refractivity contribution in [1.29, 1.82) is 0 Å². The summed E-state index contributed by atoms with van der Waals surface area (Å²) in [6, 6.07) is 0.211. The number of carbonyl (C=O) groups excluding carboxylic acids is 1. The highest BCUT2D eigenvalue weighted by molar-refractivity contribution is 5.77. The number of hydrogen-bond acceptors (Lipinski definition) is 2. The number of likely N-dealkylation sites (tertiary alicyclic amines) is 1. The first-order valence-electron chi connectivity index (χ1n) is 7.17. The zero-order chi connectivity index (χ0) is 14.6. The topological polar surface area (TPSA) is 60.9 Å². The minimum Gasteiger partial charge on any atom is -0.481 e. The number of piperidine rings is 1. The molecule has 1 fully saturated rings. The van der Waals surface area contributed by atoms with Gasteiger partial charge in [0.1, 0.15) is 0 Å². The van der Waals surface area contributed by atoms with Crippen molar-refractivity contribution >= 4 is 12.0 Å². The fourth-order valence-electron chi connectivity index (χ4n) is 2.75. The predicted molar refractivity (Wildman–Crippen MR) is 74.1 cm³/mol. The third-order valence-corrected chi connectivity index (χ3v) is 4.33. The van der Waals surface area contributed by atoms with Gasteiger partial charge in [-0.2, -0.15) is 0 Å². The fourth-order valence-corrected chi connectivity index (χ4v) is 2.75. The van der Waals surface area contributed by atoms with Crippen molar-refractivity contribution in [1.82, 2.24) is 9.80 Å². The lowest BCUT2D eigenvalue weighted by molar-refractivity contribution is -0.152. The van der Waals surface area contributed by atoms with Crippen molar-refractivity contribution in [2.75, 3.05) is 19.6 Å². The predicted octanol–water partition coefficient (Wildman–Crippen LogP) is 2.41. The molecule has 5 nitrogen and oxygen atoms in total. The van der Waals surface area contributed by atoms with Crippen LogP contribution in [0, 0.1) is 5.41 Å². The van der Waals surface area contributed by atoms with E-state index in [2.05, 4.69) is 0 Å². The van der Waals surface area contributed by atoms with Gasteiger partial charge in [-0.3, -0.25) is 4.79 Å². The summed E-state index contributed by atoms with van der Waals surface area (Å²) < 4.78 is 0. The van der Waals surface area contributed by atoms with Crippen LogP contribution in [0.15, 0.2) is 0 Å². The Balaban J connectivity index is 2.68. The molecule has 1 rings (SSSR count). The molecule has 1 heterocycles. The lowest BCUT2D eigenvalue weighted by Crippen LogP contribution is -2.52. The van der Waals surface area contributed by atoms with Gasteiger partial charge < -0.3 is 14.9 Å². The normalized spacial score (nSPS) is 18.5. The van der Waals surface area contributed by atoms with Crippen LogP contribution < -0.4 is 0 Å². The average Bonchev–Trinajstić information content (AvgIpc) is 2.38. The standard InChI is InChI=1S/C14H26N2O3/c1-5-14(12(17)18)7-9-15(10-8-14)13(19)16(6-2)11(3)4/h11H,5-10H2,1-4H3,(H,17,18). The molecule has 2 amide bonds. The molecule has 0 aromatic heterocycles. The Bertz CT molecular complexity index is 334. The number of carboxylic acids is 1. The molecule has 0 radical (unpaired) electrons. The number of amides is 2. The monoisotopic (exact) mass is 270 g/mol. The Hall–Kier alpha value is -1.26. The molecule has 1 aliphatic rings. The van der Waals surface area contributed by atoms with Gasteiger partial charge in [-0.1, -0.05) is 6.92 Å². The van der Waals surface area contributed by atoms with Crippen LogP contribution in [-0.4, -0.2) is 52.6 Å². The quantitative estimate of drug-likeness (QED) is 0.853. The number of hydrogen-bond donors (Lipinski definition) is 1. The first-order valence-corrected chi connectivity index (χ1v) is 7.17. The van der Waals surface area contributed by atoms with Crippen molar-refractivity contribution in [3.8, 4) is 0 Å². The van der Waals surface area contributed by atoms with Gasteiger partial charge in [-0.05, 0) is 40.0 Å². The summed E-state index contributed by atoms with van der Waals surface area (Å²) in [6.07, 6.45) is 1.74. The molecule has 0 spiro atoms. The number of nitrogens with zero attached hydrogens (tertiary/aromatic N) is 2. The van der Waals surface area contributed by atoms with Crippen LogP contribution in [0.5, 0.6) is 0 Å². The van der Waals surface area contributed by atoms with Gasteiger partial charge in [0, 0.05) is 25.7 Å². The van der Waals surface area contributed by atoms with Crippen LogP contribution in [-0.2, 0) is 4.79 Å². The van der Waals surface area contributed by atoms with Crippen molar-refractivity contribution in [3.63, 3.8) is 0 Å². The van der Waals surface area contributed by atoms with Gasteiger partial charge in [0.15, 0.2) is 0 Å². The second-order valence-electron chi connectivity index (χ2n) is 5.59. The average molecular weight is 270 g/mol. The summed E-state index contributed by atoms with van der Waals surface area (Å²) in [7, 11) is 0. The molecule has 1 saturated heterocycles. The van der Waals surface area contributed by atoms with Gasteiger partial charge >= 0.3 is 12.0 Å². The van der Waals surface area contributed by atoms with Crippen LogP contribution in [0.3, 0.4) is 0 Å². The minimum atomic E-state index is -0.724. The van der Waals surface area contributed by atoms with Crippen LogP contribution in [0.1, 0.15) is 47.0 Å². The summed E-state index contributed by atoms with van der Waals surface area (Å²) in [5.74, 6) is -0.724. The minimum absolute atomic E-state index is 0.0348. The van der Waals surface area contributed by atoms with E-state index in [1.54, 1.807) is 4.90 Å². The molecule has 0 aliphatic carbocycles. The molecule has 0 bridgehead atoms. The Kier molecular flexibility index (Phi) is 5.20. The molecule has 110 valence electrons. The van der Waals surface area contributed by atoms with Crippen molar-refractivity contribution < 1.29 is 14.7 Å². The fraction of sp³-hybridized carbons (Fsp3) is 0.857. The van der Waals surface area contributed by atoms with Gasteiger partial charge in [-0.15, -0.1) is 0 Å². The largest absolute Gasteiger partial charge is 0.481 e.